The fourth-order valence-electron chi connectivity index (χ4n) is 3.06. The van der Waals surface area contributed by atoms with Crippen molar-refractivity contribution in [2.24, 2.45) is 4.99 Å². The number of benzene rings is 2. The van der Waals surface area contributed by atoms with Crippen molar-refractivity contribution in [3.8, 4) is 5.69 Å². The Morgan fingerprint density at radius 2 is 1.81 bits per heavy atom. The lowest BCUT2D eigenvalue weighted by Gasteiger charge is -2.10. The van der Waals surface area contributed by atoms with Crippen molar-refractivity contribution < 1.29 is 9.53 Å². The minimum absolute atomic E-state index is 0.331. The van der Waals surface area contributed by atoms with E-state index >= 15 is 0 Å². The van der Waals surface area contributed by atoms with Crippen LogP contribution in [0.1, 0.15) is 27.3 Å². The molecule has 0 unspecified atom stereocenters. The van der Waals surface area contributed by atoms with Crippen LogP contribution < -0.4 is 0 Å². The Kier molecular flexibility index (Phi) is 5.81. The third-order valence-electron chi connectivity index (χ3n) is 4.44. The maximum atomic E-state index is 11.6. The number of hydrogen-bond donors (Lipinski definition) is 0. The van der Waals surface area contributed by atoms with Gasteiger partial charge in [-0.15, -0.1) is 11.8 Å². The second kappa shape index (κ2) is 8.27. The van der Waals surface area contributed by atoms with Gasteiger partial charge >= 0.3 is 5.97 Å². The van der Waals surface area contributed by atoms with Crippen LogP contribution in [-0.2, 0) is 4.74 Å². The first-order chi connectivity index (χ1) is 13.0. The van der Waals surface area contributed by atoms with E-state index in [1.165, 1.54) is 7.11 Å². The molecule has 0 atom stereocenters. The number of methoxy groups -OCH3 is 1. The molecule has 0 N–H and O–H groups in total. The van der Waals surface area contributed by atoms with Gasteiger partial charge in [0.1, 0.15) is 0 Å². The van der Waals surface area contributed by atoms with Crippen molar-refractivity contribution in [1.29, 1.82) is 0 Å². The predicted molar refractivity (Wildman–Crippen MR) is 112 cm³/mol. The van der Waals surface area contributed by atoms with Gasteiger partial charge in [0, 0.05) is 33.7 Å². The van der Waals surface area contributed by atoms with Gasteiger partial charge in [-0.3, -0.25) is 4.99 Å². The Morgan fingerprint density at radius 1 is 1.11 bits per heavy atom. The van der Waals surface area contributed by atoms with Crippen LogP contribution in [0.15, 0.2) is 64.5 Å². The number of carbonyl (C=O) groups excluding carboxylic acids is 1. The van der Waals surface area contributed by atoms with Crippen molar-refractivity contribution in [2.45, 2.75) is 18.7 Å². The first kappa shape index (κ1) is 19.0. The van der Waals surface area contributed by atoms with Crippen LogP contribution in [-0.4, -0.2) is 30.1 Å². The Labute approximate surface area is 163 Å². The molecule has 0 spiro atoms. The van der Waals surface area contributed by atoms with E-state index in [9.17, 15) is 4.79 Å². The zero-order chi connectivity index (χ0) is 19.4. The SMILES string of the molecule is COC(=O)c1ccc(-n2c(C)cc(C=Nc3ccccc3SC)c2C)cc1. The second-order valence-corrected chi connectivity index (χ2v) is 6.98. The largest absolute Gasteiger partial charge is 0.465 e. The molecule has 0 bridgehead atoms. The van der Waals surface area contributed by atoms with Crippen LogP contribution >= 0.6 is 11.8 Å². The molecule has 0 aliphatic rings. The predicted octanol–water partition coefficient (Wildman–Crippen LogP) is 5.35. The van der Waals surface area contributed by atoms with Crippen LogP contribution in [0.4, 0.5) is 5.69 Å². The summed E-state index contributed by atoms with van der Waals surface area (Å²) in [5.74, 6) is -0.331. The van der Waals surface area contributed by atoms with Crippen LogP contribution in [0.5, 0.6) is 0 Å². The van der Waals surface area contributed by atoms with Crippen molar-refractivity contribution in [2.75, 3.05) is 13.4 Å². The van der Waals surface area contributed by atoms with Gasteiger partial charge in [-0.05, 0) is 62.6 Å². The number of para-hydroxylation sites is 1. The molecule has 27 heavy (non-hydrogen) atoms. The van der Waals surface area contributed by atoms with Crippen molar-refractivity contribution in [1.82, 2.24) is 4.57 Å². The van der Waals surface area contributed by atoms with E-state index in [1.54, 1.807) is 23.9 Å². The standard InChI is InChI=1S/C22H22N2O2S/c1-15-13-18(14-23-20-7-5-6-8-21(20)27-4)16(2)24(15)19-11-9-17(10-12-19)22(25)26-3/h5-14H,1-4H3. The summed E-state index contributed by atoms with van der Waals surface area (Å²) in [6.07, 6.45) is 3.97. The molecule has 0 amide bonds. The zero-order valence-electron chi connectivity index (χ0n) is 15.9. The van der Waals surface area contributed by atoms with Crippen molar-refractivity contribution in [3.63, 3.8) is 0 Å². The van der Waals surface area contributed by atoms with Crippen LogP contribution in [0.25, 0.3) is 5.69 Å². The minimum atomic E-state index is -0.331. The lowest BCUT2D eigenvalue weighted by molar-refractivity contribution is 0.0601. The molecule has 0 saturated heterocycles. The topological polar surface area (TPSA) is 43.6 Å². The highest BCUT2D eigenvalue weighted by Crippen LogP contribution is 2.28. The Morgan fingerprint density at radius 3 is 2.48 bits per heavy atom. The number of hydrogen-bond acceptors (Lipinski definition) is 4. The van der Waals surface area contributed by atoms with Gasteiger partial charge in [0.25, 0.3) is 0 Å². The highest BCUT2D eigenvalue weighted by atomic mass is 32.2. The number of aromatic nitrogens is 1. The third-order valence-corrected chi connectivity index (χ3v) is 5.23. The molecule has 3 rings (SSSR count). The van der Waals surface area contributed by atoms with E-state index in [1.807, 2.05) is 36.5 Å². The first-order valence-electron chi connectivity index (χ1n) is 8.60. The molecule has 1 aromatic heterocycles. The van der Waals surface area contributed by atoms with Gasteiger partial charge in [0.2, 0.25) is 0 Å². The number of thioether (sulfide) groups is 1. The molecular weight excluding hydrogens is 356 g/mol. The molecule has 0 radical (unpaired) electrons. The summed E-state index contributed by atoms with van der Waals surface area (Å²) in [7, 11) is 1.39. The summed E-state index contributed by atoms with van der Waals surface area (Å²) >= 11 is 1.69. The van der Waals surface area contributed by atoms with Crippen molar-refractivity contribution in [3.05, 3.63) is 77.1 Å². The van der Waals surface area contributed by atoms with Crippen LogP contribution in [0, 0.1) is 13.8 Å². The molecule has 1 heterocycles. The third kappa shape index (κ3) is 3.98. The summed E-state index contributed by atoms with van der Waals surface area (Å²) in [5, 5.41) is 0. The minimum Gasteiger partial charge on any atom is -0.465 e. The van der Waals surface area contributed by atoms with E-state index in [2.05, 4.69) is 41.8 Å². The molecule has 4 nitrogen and oxygen atoms in total. The normalized spacial score (nSPS) is 11.1. The van der Waals surface area contributed by atoms with E-state index in [0.29, 0.717) is 5.56 Å². The highest BCUT2D eigenvalue weighted by molar-refractivity contribution is 7.98. The smallest absolute Gasteiger partial charge is 0.337 e. The molecule has 0 aliphatic carbocycles. The fourth-order valence-corrected chi connectivity index (χ4v) is 3.60. The summed E-state index contributed by atoms with van der Waals surface area (Å²) in [4.78, 5) is 17.5. The Balaban J connectivity index is 1.93. The van der Waals surface area contributed by atoms with Gasteiger partial charge in [0.15, 0.2) is 0 Å². The average Bonchev–Trinajstić information content (AvgIpc) is 2.99. The Bertz CT molecular complexity index is 988. The van der Waals surface area contributed by atoms with Crippen molar-refractivity contribution >= 4 is 29.6 Å². The number of esters is 1. The Hall–Kier alpha value is -2.79. The maximum absolute atomic E-state index is 11.6. The first-order valence-corrected chi connectivity index (χ1v) is 9.82. The quantitative estimate of drug-likeness (QED) is 0.341. The maximum Gasteiger partial charge on any atom is 0.337 e. The molecule has 0 fully saturated rings. The zero-order valence-corrected chi connectivity index (χ0v) is 16.7. The van der Waals surface area contributed by atoms with E-state index in [4.69, 9.17) is 4.74 Å². The van der Waals surface area contributed by atoms with E-state index in [0.717, 1.165) is 33.2 Å². The lowest BCUT2D eigenvalue weighted by atomic mass is 10.2. The van der Waals surface area contributed by atoms with E-state index in [-0.39, 0.29) is 5.97 Å². The van der Waals surface area contributed by atoms with Gasteiger partial charge in [-0.2, -0.15) is 0 Å². The number of aryl methyl sites for hydroxylation is 1. The van der Waals surface area contributed by atoms with Crippen LogP contribution in [0.3, 0.4) is 0 Å². The summed E-state index contributed by atoms with van der Waals surface area (Å²) < 4.78 is 6.92. The highest BCUT2D eigenvalue weighted by Gasteiger charge is 2.11. The monoisotopic (exact) mass is 378 g/mol. The number of rotatable bonds is 5. The molecule has 3 aromatic rings. The van der Waals surface area contributed by atoms with Gasteiger partial charge in [-0.25, -0.2) is 4.79 Å². The van der Waals surface area contributed by atoms with Gasteiger partial charge < -0.3 is 9.30 Å². The van der Waals surface area contributed by atoms with E-state index < -0.39 is 0 Å². The summed E-state index contributed by atoms with van der Waals surface area (Å²) in [5.41, 5.74) is 5.79. The average molecular weight is 378 g/mol. The number of carbonyl (C=O) groups is 1. The molecule has 0 saturated carbocycles. The molecule has 5 heteroatoms. The molecule has 138 valence electrons. The van der Waals surface area contributed by atoms with Gasteiger partial charge in [-0.1, -0.05) is 12.1 Å². The summed E-state index contributed by atoms with van der Waals surface area (Å²) in [6.45, 7) is 4.14. The fraction of sp³-hybridized carbons (Fsp3) is 0.182. The lowest BCUT2D eigenvalue weighted by Crippen LogP contribution is -2.03. The van der Waals surface area contributed by atoms with Gasteiger partial charge in [0.05, 0.1) is 18.4 Å². The second-order valence-electron chi connectivity index (χ2n) is 6.13. The number of aliphatic imine (C=N–C) groups is 1. The molecule has 2 aromatic carbocycles. The van der Waals surface area contributed by atoms with Crippen LogP contribution in [0.2, 0.25) is 0 Å². The molecule has 0 aliphatic heterocycles. The summed E-state index contributed by atoms with van der Waals surface area (Å²) in [6, 6.07) is 17.6. The molecular formula is C22H22N2O2S. The number of nitrogens with zero attached hydrogens (tertiary/aromatic N) is 2. The number of ether oxygens (including phenoxy) is 1.